The number of Topliss-reactive ketones (excluding diaryl/α,β-unsaturated/α-hetero) is 1. The molecule has 3 aromatic carbocycles. The molecule has 1 aliphatic rings. The number of benzene rings is 3. The van der Waals surface area contributed by atoms with Gasteiger partial charge in [-0.3, -0.25) is 4.79 Å². The zero-order valence-electron chi connectivity index (χ0n) is 16.0. The van der Waals surface area contributed by atoms with E-state index >= 15 is 0 Å². The van der Waals surface area contributed by atoms with Crippen LogP contribution in [0, 0.1) is 0 Å². The average Bonchev–Trinajstić information content (AvgIpc) is 3.05. The van der Waals surface area contributed by atoms with Crippen molar-refractivity contribution in [1.82, 2.24) is 0 Å². The van der Waals surface area contributed by atoms with Gasteiger partial charge in [0.05, 0.1) is 7.11 Å². The van der Waals surface area contributed by atoms with E-state index in [9.17, 15) is 15.0 Å². The second-order valence-electron chi connectivity index (χ2n) is 7.12. The second kappa shape index (κ2) is 7.94. The summed E-state index contributed by atoms with van der Waals surface area (Å²) in [5.74, 6) is -0.799. The lowest BCUT2D eigenvalue weighted by Gasteiger charge is -2.23. The molecular formula is C25H22O4. The van der Waals surface area contributed by atoms with E-state index in [1.165, 1.54) is 0 Å². The summed E-state index contributed by atoms with van der Waals surface area (Å²) in [6, 6.07) is 25.8. The molecule has 0 amide bonds. The van der Waals surface area contributed by atoms with Gasteiger partial charge in [-0.2, -0.15) is 0 Å². The van der Waals surface area contributed by atoms with Gasteiger partial charge in [-0.1, -0.05) is 72.8 Å². The highest BCUT2D eigenvalue weighted by atomic mass is 16.5. The van der Waals surface area contributed by atoms with E-state index in [4.69, 9.17) is 4.74 Å². The van der Waals surface area contributed by atoms with E-state index in [0.717, 1.165) is 11.1 Å². The van der Waals surface area contributed by atoms with E-state index in [1.807, 2.05) is 60.7 Å². The van der Waals surface area contributed by atoms with Crippen molar-refractivity contribution in [3.63, 3.8) is 0 Å². The summed E-state index contributed by atoms with van der Waals surface area (Å²) < 4.78 is 5.25. The highest BCUT2D eigenvalue weighted by Gasteiger charge is 2.48. The van der Waals surface area contributed by atoms with Gasteiger partial charge in [0, 0.05) is 23.0 Å². The number of methoxy groups -OCH3 is 1. The molecule has 0 bridgehead atoms. The first-order valence-corrected chi connectivity index (χ1v) is 9.51. The van der Waals surface area contributed by atoms with Gasteiger partial charge in [0.2, 0.25) is 0 Å². The Morgan fingerprint density at radius 2 is 1.41 bits per heavy atom. The summed E-state index contributed by atoms with van der Waals surface area (Å²) in [4.78, 5) is 13.1. The van der Waals surface area contributed by atoms with Gasteiger partial charge in [-0.05, 0) is 23.3 Å². The number of hydrogen-bond donors (Lipinski definition) is 2. The minimum absolute atomic E-state index is 0.0890. The third-order valence-electron chi connectivity index (χ3n) is 5.51. The zero-order chi connectivity index (χ0) is 20.4. The van der Waals surface area contributed by atoms with Crippen LogP contribution in [-0.2, 0) is 4.79 Å². The molecule has 29 heavy (non-hydrogen) atoms. The summed E-state index contributed by atoms with van der Waals surface area (Å²) in [5, 5.41) is 21.9. The van der Waals surface area contributed by atoms with E-state index in [-0.39, 0.29) is 11.3 Å². The molecule has 1 saturated carbocycles. The van der Waals surface area contributed by atoms with Crippen molar-refractivity contribution in [3.05, 3.63) is 107 Å². The highest BCUT2D eigenvalue weighted by molar-refractivity contribution is 6.09. The summed E-state index contributed by atoms with van der Waals surface area (Å²) in [5.41, 5.74) is 2.48. The van der Waals surface area contributed by atoms with Gasteiger partial charge in [-0.25, -0.2) is 0 Å². The van der Waals surface area contributed by atoms with Gasteiger partial charge >= 0.3 is 0 Å². The molecule has 0 heterocycles. The van der Waals surface area contributed by atoms with Gasteiger partial charge in [0.15, 0.2) is 5.78 Å². The van der Waals surface area contributed by atoms with Gasteiger partial charge in [0.25, 0.3) is 0 Å². The molecule has 3 unspecified atom stereocenters. The van der Waals surface area contributed by atoms with Gasteiger partial charge < -0.3 is 14.9 Å². The molecule has 1 fully saturated rings. The molecule has 3 aromatic rings. The lowest BCUT2D eigenvalue weighted by Crippen LogP contribution is -2.21. The molecule has 2 N–H and O–H groups in total. The number of hydrogen-bond acceptors (Lipinski definition) is 4. The lowest BCUT2D eigenvalue weighted by atomic mass is 9.81. The predicted octanol–water partition coefficient (Wildman–Crippen LogP) is 4.48. The quantitative estimate of drug-likeness (QED) is 0.513. The maximum atomic E-state index is 13.1. The fourth-order valence-electron chi connectivity index (χ4n) is 4.09. The Kier molecular flexibility index (Phi) is 5.19. The average molecular weight is 386 g/mol. The molecule has 1 aliphatic carbocycles. The number of aliphatic hydroxyl groups is 2. The summed E-state index contributed by atoms with van der Waals surface area (Å²) >= 11 is 0. The monoisotopic (exact) mass is 386 g/mol. The number of carbonyl (C=O) groups is 1. The Hall–Kier alpha value is -3.37. The number of ether oxygens (including phenoxy) is 1. The van der Waals surface area contributed by atoms with Crippen LogP contribution in [0.5, 0.6) is 5.75 Å². The SMILES string of the molecule is COc1ccc(C2/C(=C(\O)c3ccccc3)C(=O)C(O)C2c2ccccc2)cc1. The minimum Gasteiger partial charge on any atom is -0.507 e. The molecule has 3 atom stereocenters. The van der Waals surface area contributed by atoms with Crippen LogP contribution in [0.2, 0.25) is 0 Å². The Balaban J connectivity index is 1.92. The van der Waals surface area contributed by atoms with Crippen molar-refractivity contribution < 1.29 is 19.7 Å². The maximum Gasteiger partial charge on any atom is 0.192 e. The molecule has 4 nitrogen and oxygen atoms in total. The van der Waals surface area contributed by atoms with Crippen molar-refractivity contribution >= 4 is 11.5 Å². The van der Waals surface area contributed by atoms with Crippen molar-refractivity contribution in [3.8, 4) is 5.75 Å². The summed E-state index contributed by atoms with van der Waals surface area (Å²) in [6.07, 6.45) is -1.23. The fraction of sp³-hybridized carbons (Fsp3) is 0.160. The highest BCUT2D eigenvalue weighted by Crippen LogP contribution is 2.49. The first-order chi connectivity index (χ1) is 14.1. The van der Waals surface area contributed by atoms with Crippen LogP contribution in [-0.4, -0.2) is 29.2 Å². The van der Waals surface area contributed by atoms with Crippen LogP contribution in [0.25, 0.3) is 5.76 Å². The topological polar surface area (TPSA) is 66.8 Å². The van der Waals surface area contributed by atoms with Crippen LogP contribution in [0.3, 0.4) is 0 Å². The zero-order valence-corrected chi connectivity index (χ0v) is 16.0. The van der Waals surface area contributed by atoms with Crippen LogP contribution >= 0.6 is 0 Å². The van der Waals surface area contributed by atoms with Gasteiger partial charge in [-0.15, -0.1) is 0 Å². The molecule has 4 heteroatoms. The number of carbonyl (C=O) groups excluding carboxylic acids is 1. The molecule has 146 valence electrons. The summed E-state index contributed by atoms with van der Waals surface area (Å²) in [7, 11) is 1.59. The fourth-order valence-corrected chi connectivity index (χ4v) is 4.09. The largest absolute Gasteiger partial charge is 0.507 e. The van der Waals surface area contributed by atoms with Gasteiger partial charge in [0.1, 0.15) is 17.6 Å². The third kappa shape index (κ3) is 3.43. The van der Waals surface area contributed by atoms with Crippen molar-refractivity contribution in [2.24, 2.45) is 0 Å². The van der Waals surface area contributed by atoms with E-state index in [2.05, 4.69) is 0 Å². The second-order valence-corrected chi connectivity index (χ2v) is 7.12. The minimum atomic E-state index is -1.23. The van der Waals surface area contributed by atoms with Crippen LogP contribution in [0.4, 0.5) is 0 Å². The Bertz CT molecular complexity index is 1020. The number of aliphatic hydroxyl groups excluding tert-OH is 2. The maximum absolute atomic E-state index is 13.1. The summed E-state index contributed by atoms with van der Waals surface area (Å²) in [6.45, 7) is 0. The molecule has 0 spiro atoms. The Morgan fingerprint density at radius 3 is 2.00 bits per heavy atom. The third-order valence-corrected chi connectivity index (χ3v) is 5.51. The number of ketones is 1. The van der Waals surface area contributed by atoms with Crippen LogP contribution in [0.1, 0.15) is 28.5 Å². The molecule has 0 aromatic heterocycles. The first-order valence-electron chi connectivity index (χ1n) is 9.51. The van der Waals surface area contributed by atoms with E-state index in [1.54, 1.807) is 31.4 Å². The molecular weight excluding hydrogens is 364 g/mol. The van der Waals surface area contributed by atoms with E-state index in [0.29, 0.717) is 11.3 Å². The molecule has 0 aliphatic heterocycles. The van der Waals surface area contributed by atoms with Crippen molar-refractivity contribution in [1.29, 1.82) is 0 Å². The van der Waals surface area contributed by atoms with Crippen molar-refractivity contribution in [2.45, 2.75) is 17.9 Å². The lowest BCUT2D eigenvalue weighted by molar-refractivity contribution is -0.121. The smallest absolute Gasteiger partial charge is 0.192 e. The van der Waals surface area contributed by atoms with Crippen LogP contribution in [0.15, 0.2) is 90.5 Å². The predicted molar refractivity (Wildman–Crippen MR) is 112 cm³/mol. The Labute approximate surface area is 169 Å². The first kappa shape index (κ1) is 19.0. The molecule has 4 rings (SSSR count). The van der Waals surface area contributed by atoms with Crippen LogP contribution < -0.4 is 4.74 Å². The van der Waals surface area contributed by atoms with E-state index < -0.39 is 23.7 Å². The number of rotatable bonds is 4. The molecule has 0 radical (unpaired) electrons. The molecule has 0 saturated heterocycles. The normalized spacial score (nSPS) is 23.1. The van der Waals surface area contributed by atoms with Crippen molar-refractivity contribution in [2.75, 3.05) is 7.11 Å². The Morgan fingerprint density at radius 1 is 0.828 bits per heavy atom. The standard InChI is InChI=1S/C25H22O4/c1-29-19-14-12-17(13-15-19)20-21(16-8-4-2-5-9-16)24(27)25(28)22(20)23(26)18-10-6-3-7-11-18/h2-15,20-21,24,26-27H,1H3/b23-22+.